The highest BCUT2D eigenvalue weighted by molar-refractivity contribution is 5.82. The van der Waals surface area contributed by atoms with Crippen LogP contribution in [0.15, 0.2) is 30.3 Å². The van der Waals surface area contributed by atoms with Crippen molar-refractivity contribution in [2.75, 3.05) is 26.2 Å². The smallest absolute Gasteiger partial charge is 0.239 e. The number of nitrogens with zero attached hydrogens (tertiary/aromatic N) is 2. The van der Waals surface area contributed by atoms with Gasteiger partial charge in [0.1, 0.15) is 0 Å². The van der Waals surface area contributed by atoms with E-state index in [-0.39, 0.29) is 11.4 Å². The minimum absolute atomic E-state index is 0.0763. The van der Waals surface area contributed by atoms with Crippen molar-refractivity contribution in [1.29, 1.82) is 0 Å². The van der Waals surface area contributed by atoms with Crippen molar-refractivity contribution in [3.8, 4) is 0 Å². The topological polar surface area (TPSA) is 49.6 Å². The van der Waals surface area contributed by atoms with Crippen LogP contribution in [-0.4, -0.2) is 53.5 Å². The zero-order valence-electron chi connectivity index (χ0n) is 13.4. The number of carbonyl (C=O) groups is 1. The Morgan fingerprint density at radius 3 is 2.24 bits per heavy atom. The van der Waals surface area contributed by atoms with Gasteiger partial charge in [0.25, 0.3) is 0 Å². The molecule has 0 saturated carbocycles. The molecule has 0 bridgehead atoms. The third-order valence-electron chi connectivity index (χ3n) is 4.16. The Morgan fingerprint density at radius 2 is 1.71 bits per heavy atom. The highest BCUT2D eigenvalue weighted by Gasteiger charge is 2.29. The fourth-order valence-corrected chi connectivity index (χ4v) is 2.79. The van der Waals surface area contributed by atoms with Crippen LogP contribution < -0.4 is 5.73 Å². The summed E-state index contributed by atoms with van der Waals surface area (Å²) in [7, 11) is 0. The molecule has 4 heteroatoms. The summed E-state index contributed by atoms with van der Waals surface area (Å²) in [6, 6.07) is 9.54. The molecule has 1 heterocycles. The van der Waals surface area contributed by atoms with E-state index in [1.807, 2.05) is 35.2 Å². The summed E-state index contributed by atoms with van der Waals surface area (Å²) >= 11 is 0. The Labute approximate surface area is 127 Å². The second kappa shape index (κ2) is 6.58. The molecule has 1 fully saturated rings. The van der Waals surface area contributed by atoms with E-state index in [1.165, 1.54) is 0 Å². The van der Waals surface area contributed by atoms with Gasteiger partial charge in [0.2, 0.25) is 5.91 Å². The number of benzene rings is 1. The van der Waals surface area contributed by atoms with Crippen LogP contribution in [-0.2, 0) is 11.2 Å². The van der Waals surface area contributed by atoms with Crippen molar-refractivity contribution in [2.45, 2.75) is 38.8 Å². The molecule has 1 aliphatic rings. The molecule has 0 radical (unpaired) electrons. The van der Waals surface area contributed by atoms with Gasteiger partial charge in [-0.25, -0.2) is 0 Å². The summed E-state index contributed by atoms with van der Waals surface area (Å²) in [4.78, 5) is 16.8. The normalized spacial score (nSPS) is 18.6. The fourth-order valence-electron chi connectivity index (χ4n) is 2.79. The minimum Gasteiger partial charge on any atom is -0.339 e. The van der Waals surface area contributed by atoms with Gasteiger partial charge in [0, 0.05) is 31.7 Å². The third-order valence-corrected chi connectivity index (χ3v) is 4.16. The number of hydrogen-bond donors (Lipinski definition) is 1. The van der Waals surface area contributed by atoms with Crippen molar-refractivity contribution < 1.29 is 4.79 Å². The van der Waals surface area contributed by atoms with E-state index in [0.29, 0.717) is 6.42 Å². The molecule has 1 amide bonds. The first-order valence-corrected chi connectivity index (χ1v) is 7.71. The molecule has 1 saturated heterocycles. The highest BCUT2D eigenvalue weighted by atomic mass is 16.2. The second-order valence-electron chi connectivity index (χ2n) is 6.78. The molecular formula is C17H27N3O. The Morgan fingerprint density at radius 1 is 1.14 bits per heavy atom. The van der Waals surface area contributed by atoms with Gasteiger partial charge in [-0.05, 0) is 32.8 Å². The summed E-state index contributed by atoms with van der Waals surface area (Å²) in [5, 5.41) is 0. The summed E-state index contributed by atoms with van der Waals surface area (Å²) in [6.45, 7) is 10.0. The van der Waals surface area contributed by atoms with Crippen LogP contribution in [0.3, 0.4) is 0 Å². The van der Waals surface area contributed by atoms with Gasteiger partial charge in [-0.1, -0.05) is 30.3 Å². The van der Waals surface area contributed by atoms with E-state index in [2.05, 4.69) is 25.7 Å². The fraction of sp³-hybridized carbons (Fsp3) is 0.588. The van der Waals surface area contributed by atoms with Crippen LogP contribution in [0.1, 0.15) is 26.3 Å². The number of amides is 1. The lowest BCUT2D eigenvalue weighted by Crippen LogP contribution is -2.57. The zero-order chi connectivity index (χ0) is 15.5. The van der Waals surface area contributed by atoms with E-state index in [9.17, 15) is 4.79 Å². The Hall–Kier alpha value is -1.39. The molecular weight excluding hydrogens is 262 g/mol. The van der Waals surface area contributed by atoms with Gasteiger partial charge in [0.05, 0.1) is 6.04 Å². The molecule has 0 aliphatic carbocycles. The standard InChI is InChI=1S/C17H27N3O/c1-17(2,3)20-11-9-19(10-12-20)16(21)15(18)13-14-7-5-4-6-8-14/h4-8,15H,9-13,18H2,1-3H3/t15-/m1/s1. The zero-order valence-corrected chi connectivity index (χ0v) is 13.4. The van der Waals surface area contributed by atoms with Crippen molar-refractivity contribution in [3.05, 3.63) is 35.9 Å². The first-order valence-electron chi connectivity index (χ1n) is 7.71. The van der Waals surface area contributed by atoms with E-state index >= 15 is 0 Å². The van der Waals surface area contributed by atoms with E-state index in [0.717, 1.165) is 31.7 Å². The molecule has 2 N–H and O–H groups in total. The maximum Gasteiger partial charge on any atom is 0.239 e. The molecule has 0 spiro atoms. The first kappa shape index (κ1) is 16.0. The number of hydrogen-bond acceptors (Lipinski definition) is 3. The molecule has 21 heavy (non-hydrogen) atoms. The van der Waals surface area contributed by atoms with Gasteiger partial charge < -0.3 is 10.6 Å². The predicted octanol–water partition coefficient (Wildman–Crippen LogP) is 1.50. The van der Waals surface area contributed by atoms with Crippen LogP contribution in [0.4, 0.5) is 0 Å². The molecule has 4 nitrogen and oxygen atoms in total. The predicted molar refractivity (Wildman–Crippen MR) is 86.0 cm³/mol. The molecule has 1 aromatic carbocycles. The van der Waals surface area contributed by atoms with Gasteiger partial charge >= 0.3 is 0 Å². The first-order chi connectivity index (χ1) is 9.88. The lowest BCUT2D eigenvalue weighted by atomic mass is 10.0. The van der Waals surface area contributed by atoms with Gasteiger partial charge in [-0.2, -0.15) is 0 Å². The highest BCUT2D eigenvalue weighted by Crippen LogP contribution is 2.16. The summed E-state index contributed by atoms with van der Waals surface area (Å²) in [5.74, 6) is 0.0763. The molecule has 1 aromatic rings. The van der Waals surface area contributed by atoms with E-state index < -0.39 is 6.04 Å². The quantitative estimate of drug-likeness (QED) is 0.917. The van der Waals surface area contributed by atoms with Crippen molar-refractivity contribution in [2.24, 2.45) is 5.73 Å². The average Bonchev–Trinajstić information content (AvgIpc) is 2.46. The van der Waals surface area contributed by atoms with Crippen molar-refractivity contribution in [3.63, 3.8) is 0 Å². The molecule has 116 valence electrons. The Kier molecular flexibility index (Phi) is 5.01. The maximum atomic E-state index is 12.4. The molecule has 0 unspecified atom stereocenters. The number of nitrogens with two attached hydrogens (primary N) is 1. The summed E-state index contributed by atoms with van der Waals surface area (Å²) in [6.07, 6.45) is 0.610. The molecule has 1 atom stereocenters. The second-order valence-corrected chi connectivity index (χ2v) is 6.78. The van der Waals surface area contributed by atoms with Gasteiger partial charge in [0.15, 0.2) is 0 Å². The Balaban J connectivity index is 1.87. The Bertz CT molecular complexity index is 459. The third kappa shape index (κ3) is 4.29. The van der Waals surface area contributed by atoms with Crippen molar-refractivity contribution in [1.82, 2.24) is 9.80 Å². The molecule has 0 aromatic heterocycles. The molecule has 1 aliphatic heterocycles. The van der Waals surface area contributed by atoms with Crippen LogP contribution in [0, 0.1) is 0 Å². The van der Waals surface area contributed by atoms with E-state index in [1.54, 1.807) is 0 Å². The number of piperazine rings is 1. The van der Waals surface area contributed by atoms with Crippen LogP contribution in [0.2, 0.25) is 0 Å². The molecule has 2 rings (SSSR count). The number of carbonyl (C=O) groups excluding carboxylic acids is 1. The SMILES string of the molecule is CC(C)(C)N1CCN(C(=O)[C@H](N)Cc2ccccc2)CC1. The largest absolute Gasteiger partial charge is 0.339 e. The minimum atomic E-state index is -0.436. The lowest BCUT2D eigenvalue weighted by Gasteiger charge is -2.42. The average molecular weight is 289 g/mol. The van der Waals surface area contributed by atoms with Gasteiger partial charge in [-0.3, -0.25) is 9.69 Å². The van der Waals surface area contributed by atoms with Crippen LogP contribution >= 0.6 is 0 Å². The lowest BCUT2D eigenvalue weighted by molar-refractivity contribution is -0.135. The number of rotatable bonds is 3. The maximum absolute atomic E-state index is 12.4. The van der Waals surface area contributed by atoms with Crippen molar-refractivity contribution >= 4 is 5.91 Å². The van der Waals surface area contributed by atoms with Crippen LogP contribution in [0.5, 0.6) is 0 Å². The van der Waals surface area contributed by atoms with Gasteiger partial charge in [-0.15, -0.1) is 0 Å². The van der Waals surface area contributed by atoms with Crippen LogP contribution in [0.25, 0.3) is 0 Å². The summed E-state index contributed by atoms with van der Waals surface area (Å²) in [5.41, 5.74) is 7.38. The monoisotopic (exact) mass is 289 g/mol. The summed E-state index contributed by atoms with van der Waals surface area (Å²) < 4.78 is 0. The van der Waals surface area contributed by atoms with E-state index in [4.69, 9.17) is 5.73 Å².